The van der Waals surface area contributed by atoms with Crippen molar-refractivity contribution >= 4 is 22.5 Å². The van der Waals surface area contributed by atoms with E-state index in [1.54, 1.807) is 7.11 Å². The number of nitrogens with zero attached hydrogens (tertiary/aromatic N) is 4. The van der Waals surface area contributed by atoms with Crippen LogP contribution in [0.3, 0.4) is 0 Å². The number of anilines is 2. The van der Waals surface area contributed by atoms with Crippen molar-refractivity contribution in [3.8, 4) is 0 Å². The molecule has 0 amide bonds. The molecule has 4 rings (SSSR count). The predicted octanol–water partition coefficient (Wildman–Crippen LogP) is 0.969. The topological polar surface area (TPSA) is 69.2 Å². The van der Waals surface area contributed by atoms with Crippen molar-refractivity contribution < 1.29 is 4.74 Å². The summed E-state index contributed by atoms with van der Waals surface area (Å²) in [6.45, 7) is 3.82. The van der Waals surface area contributed by atoms with Crippen LogP contribution < -0.4 is 10.6 Å². The molecule has 0 saturated heterocycles. The molecule has 6 heteroatoms. The minimum atomic E-state index is 0.569. The largest absolute Gasteiger partial charge is 0.384 e. The average molecular weight is 273 g/mol. The number of hydrogen-bond acceptors (Lipinski definition) is 5. The van der Waals surface area contributed by atoms with Gasteiger partial charge in [0.1, 0.15) is 11.3 Å². The highest BCUT2D eigenvalue weighted by Crippen LogP contribution is 2.38. The normalized spacial score (nSPS) is 16.9. The van der Waals surface area contributed by atoms with Crippen molar-refractivity contribution in [2.75, 3.05) is 37.4 Å². The maximum atomic E-state index is 6.12. The van der Waals surface area contributed by atoms with Gasteiger partial charge in [-0.1, -0.05) is 0 Å². The van der Waals surface area contributed by atoms with Gasteiger partial charge < -0.3 is 19.9 Å². The van der Waals surface area contributed by atoms with E-state index in [4.69, 9.17) is 15.5 Å². The quantitative estimate of drug-likeness (QED) is 0.902. The van der Waals surface area contributed by atoms with Crippen LogP contribution in [0.5, 0.6) is 0 Å². The molecule has 106 valence electrons. The first-order valence-corrected chi connectivity index (χ1v) is 7.21. The van der Waals surface area contributed by atoms with Gasteiger partial charge in [-0.15, -0.1) is 0 Å². The zero-order valence-electron chi connectivity index (χ0n) is 11.7. The van der Waals surface area contributed by atoms with Crippen LogP contribution in [0, 0.1) is 0 Å². The second kappa shape index (κ2) is 4.34. The molecule has 0 radical (unpaired) electrons. The zero-order valence-corrected chi connectivity index (χ0v) is 11.7. The molecular weight excluding hydrogens is 254 g/mol. The Bertz CT molecular complexity index is 678. The third-order valence-electron chi connectivity index (χ3n) is 4.32. The van der Waals surface area contributed by atoms with Crippen molar-refractivity contribution in [1.29, 1.82) is 0 Å². The van der Waals surface area contributed by atoms with Gasteiger partial charge in [-0.05, 0) is 12.8 Å². The third-order valence-corrected chi connectivity index (χ3v) is 4.32. The van der Waals surface area contributed by atoms with E-state index in [-0.39, 0.29) is 0 Å². The fraction of sp³-hybridized carbons (Fsp3) is 0.571. The van der Waals surface area contributed by atoms with Crippen molar-refractivity contribution in [1.82, 2.24) is 14.5 Å². The summed E-state index contributed by atoms with van der Waals surface area (Å²) in [5, 5.41) is 0. The molecule has 0 spiro atoms. The number of methoxy groups -OCH3 is 1. The first-order chi connectivity index (χ1) is 9.79. The Labute approximate surface area is 117 Å². The molecule has 0 saturated carbocycles. The number of aromatic nitrogens is 3. The Morgan fingerprint density at radius 2 is 2.15 bits per heavy atom. The lowest BCUT2D eigenvalue weighted by Crippen LogP contribution is -2.36. The highest BCUT2D eigenvalue weighted by atomic mass is 16.5. The van der Waals surface area contributed by atoms with Gasteiger partial charge in [0.15, 0.2) is 5.82 Å². The van der Waals surface area contributed by atoms with Crippen LogP contribution in [0.2, 0.25) is 0 Å². The summed E-state index contributed by atoms with van der Waals surface area (Å²) in [6.07, 6.45) is 3.00. The van der Waals surface area contributed by atoms with Crippen LogP contribution in [-0.4, -0.2) is 41.3 Å². The number of rotatable bonds is 3. The van der Waals surface area contributed by atoms with E-state index in [1.165, 1.54) is 11.2 Å². The van der Waals surface area contributed by atoms with E-state index < -0.39 is 0 Å². The van der Waals surface area contributed by atoms with Gasteiger partial charge in [0, 0.05) is 33.2 Å². The van der Waals surface area contributed by atoms with Gasteiger partial charge in [-0.25, -0.2) is 9.97 Å². The average Bonchev–Trinajstić information content (AvgIpc) is 2.84. The van der Waals surface area contributed by atoms with Gasteiger partial charge >= 0.3 is 0 Å². The van der Waals surface area contributed by atoms with Gasteiger partial charge in [-0.2, -0.15) is 0 Å². The van der Waals surface area contributed by atoms with Gasteiger partial charge in [0.05, 0.1) is 23.5 Å². The maximum Gasteiger partial charge on any atom is 0.152 e. The first kappa shape index (κ1) is 12.0. The second-order valence-corrected chi connectivity index (χ2v) is 5.50. The van der Waals surface area contributed by atoms with Crippen LogP contribution in [0.4, 0.5) is 11.5 Å². The van der Waals surface area contributed by atoms with E-state index in [0.717, 1.165) is 55.9 Å². The molecule has 0 bridgehead atoms. The SMILES string of the molecule is COCCc1nc2c(N)nc3c4c2n1CCN4CCC3. The van der Waals surface area contributed by atoms with Gasteiger partial charge in [0.2, 0.25) is 0 Å². The van der Waals surface area contributed by atoms with Crippen LogP contribution in [0.25, 0.3) is 11.0 Å². The van der Waals surface area contributed by atoms with Crippen molar-refractivity contribution in [2.24, 2.45) is 0 Å². The fourth-order valence-electron chi connectivity index (χ4n) is 3.43. The number of pyridine rings is 1. The van der Waals surface area contributed by atoms with Crippen LogP contribution in [0.1, 0.15) is 17.9 Å². The molecule has 2 aromatic heterocycles. The lowest BCUT2D eigenvalue weighted by molar-refractivity contribution is 0.199. The Kier molecular flexibility index (Phi) is 2.60. The van der Waals surface area contributed by atoms with Crippen LogP contribution >= 0.6 is 0 Å². The summed E-state index contributed by atoms with van der Waals surface area (Å²) in [6, 6.07) is 0. The van der Waals surface area contributed by atoms with Crippen molar-refractivity contribution in [2.45, 2.75) is 25.8 Å². The number of nitrogen functional groups attached to an aromatic ring is 1. The summed E-state index contributed by atoms with van der Waals surface area (Å²) >= 11 is 0. The third kappa shape index (κ3) is 1.54. The van der Waals surface area contributed by atoms with E-state index in [1.807, 2.05) is 0 Å². The molecule has 0 fully saturated rings. The number of aryl methyl sites for hydroxylation is 1. The van der Waals surface area contributed by atoms with E-state index >= 15 is 0 Å². The molecule has 0 aliphatic carbocycles. The first-order valence-electron chi connectivity index (χ1n) is 7.21. The van der Waals surface area contributed by atoms with Crippen molar-refractivity contribution in [3.63, 3.8) is 0 Å². The molecule has 2 aromatic rings. The Morgan fingerprint density at radius 1 is 1.25 bits per heavy atom. The maximum absolute atomic E-state index is 6.12. The molecular formula is C14H19N5O. The molecule has 0 atom stereocenters. The molecule has 6 nitrogen and oxygen atoms in total. The molecule has 0 unspecified atom stereocenters. The summed E-state index contributed by atoms with van der Waals surface area (Å²) in [5.74, 6) is 1.63. The highest BCUT2D eigenvalue weighted by molar-refractivity contribution is 5.97. The van der Waals surface area contributed by atoms with Gasteiger partial charge in [0.25, 0.3) is 0 Å². The summed E-state index contributed by atoms with van der Waals surface area (Å²) in [7, 11) is 1.72. The lowest BCUT2D eigenvalue weighted by Gasteiger charge is -2.35. The van der Waals surface area contributed by atoms with Crippen LogP contribution in [0.15, 0.2) is 0 Å². The number of ether oxygens (including phenoxy) is 1. The lowest BCUT2D eigenvalue weighted by atomic mass is 10.0. The van der Waals surface area contributed by atoms with E-state index in [2.05, 4.69) is 14.5 Å². The zero-order chi connectivity index (χ0) is 13.7. The Hall–Kier alpha value is -1.82. The number of nitrogens with two attached hydrogens (primary N) is 1. The Balaban J connectivity index is 1.97. The summed E-state index contributed by atoms with van der Waals surface area (Å²) in [5.41, 5.74) is 10.6. The summed E-state index contributed by atoms with van der Waals surface area (Å²) in [4.78, 5) is 11.8. The minimum Gasteiger partial charge on any atom is -0.384 e. The van der Waals surface area contributed by atoms with Crippen molar-refractivity contribution in [3.05, 3.63) is 11.5 Å². The summed E-state index contributed by atoms with van der Waals surface area (Å²) < 4.78 is 7.50. The van der Waals surface area contributed by atoms with E-state index in [0.29, 0.717) is 12.4 Å². The number of hydrogen-bond donors (Lipinski definition) is 1. The Morgan fingerprint density at radius 3 is 3.00 bits per heavy atom. The molecule has 4 heterocycles. The molecule has 2 N–H and O–H groups in total. The predicted molar refractivity (Wildman–Crippen MR) is 78.1 cm³/mol. The van der Waals surface area contributed by atoms with E-state index in [9.17, 15) is 0 Å². The van der Waals surface area contributed by atoms with Crippen LogP contribution in [-0.2, 0) is 24.1 Å². The molecule has 2 aliphatic rings. The standard InChI is InChI=1S/C14H19N5O/c1-20-8-4-10-17-11-13-12-9(16-14(11)15)3-2-5-18(12)6-7-19(10)13/h2-8H2,1H3,(H2,15,16). The second-order valence-electron chi connectivity index (χ2n) is 5.50. The molecule has 20 heavy (non-hydrogen) atoms. The minimum absolute atomic E-state index is 0.569. The van der Waals surface area contributed by atoms with Gasteiger partial charge in [-0.3, -0.25) is 0 Å². The highest BCUT2D eigenvalue weighted by Gasteiger charge is 2.29. The molecule has 2 aliphatic heterocycles. The fourth-order valence-corrected chi connectivity index (χ4v) is 3.43. The number of imidazole rings is 1. The smallest absolute Gasteiger partial charge is 0.152 e. The monoisotopic (exact) mass is 273 g/mol. The molecule has 0 aromatic carbocycles.